The second kappa shape index (κ2) is 16.6. The number of rotatable bonds is 16. The first-order valence-electron chi connectivity index (χ1n) is 9.02. The van der Waals surface area contributed by atoms with Gasteiger partial charge in [-0.3, -0.25) is 0 Å². The van der Waals surface area contributed by atoms with Crippen LogP contribution < -0.4 is 5.73 Å². The first-order valence-corrected chi connectivity index (χ1v) is 9.02. The molecule has 0 atom stereocenters. The lowest BCUT2D eigenvalue weighted by Crippen LogP contribution is -2.16. The van der Waals surface area contributed by atoms with Crippen molar-refractivity contribution in [3.63, 3.8) is 0 Å². The molecular formula is C17H35NO5. The van der Waals surface area contributed by atoms with Gasteiger partial charge < -0.3 is 29.4 Å². The second-order valence-corrected chi connectivity index (χ2v) is 5.82. The average molecular weight is 333 g/mol. The van der Waals surface area contributed by atoms with E-state index in [2.05, 4.69) is 0 Å². The lowest BCUT2D eigenvalue weighted by atomic mass is 9.90. The summed E-state index contributed by atoms with van der Waals surface area (Å²) >= 11 is 0. The highest BCUT2D eigenvalue weighted by Crippen LogP contribution is 2.23. The SMILES string of the molecule is NCCOCCOCCOCCOCCOCC1CCCCC1. The van der Waals surface area contributed by atoms with E-state index in [-0.39, 0.29) is 0 Å². The van der Waals surface area contributed by atoms with Gasteiger partial charge in [0.2, 0.25) is 0 Å². The standard InChI is InChI=1S/C17H35NO5/c18-6-7-19-8-9-20-10-11-21-12-13-22-14-15-23-16-17-4-2-1-3-5-17/h17H,1-16,18H2. The molecule has 0 aromatic carbocycles. The van der Waals surface area contributed by atoms with Crippen molar-refractivity contribution >= 4 is 0 Å². The van der Waals surface area contributed by atoms with Gasteiger partial charge in [-0.25, -0.2) is 0 Å². The number of ether oxygens (including phenoxy) is 5. The topological polar surface area (TPSA) is 72.2 Å². The van der Waals surface area contributed by atoms with E-state index in [1.807, 2.05) is 0 Å². The fraction of sp³-hybridized carbons (Fsp3) is 1.00. The summed E-state index contributed by atoms with van der Waals surface area (Å²) in [5.74, 6) is 0.771. The van der Waals surface area contributed by atoms with E-state index in [9.17, 15) is 0 Å². The van der Waals surface area contributed by atoms with Gasteiger partial charge in [0.25, 0.3) is 0 Å². The molecule has 0 amide bonds. The van der Waals surface area contributed by atoms with Crippen molar-refractivity contribution in [2.24, 2.45) is 11.7 Å². The Bertz CT molecular complexity index is 237. The molecule has 6 heteroatoms. The van der Waals surface area contributed by atoms with Gasteiger partial charge >= 0.3 is 0 Å². The fourth-order valence-corrected chi connectivity index (χ4v) is 2.57. The van der Waals surface area contributed by atoms with Crippen molar-refractivity contribution in [2.75, 3.05) is 72.6 Å². The van der Waals surface area contributed by atoms with Gasteiger partial charge in [-0.2, -0.15) is 0 Å². The summed E-state index contributed by atoms with van der Waals surface area (Å²) in [4.78, 5) is 0. The normalized spacial score (nSPS) is 16.0. The Morgan fingerprint density at radius 2 is 1.00 bits per heavy atom. The Morgan fingerprint density at radius 3 is 1.48 bits per heavy atom. The zero-order valence-corrected chi connectivity index (χ0v) is 14.5. The highest BCUT2D eigenvalue weighted by atomic mass is 16.6. The van der Waals surface area contributed by atoms with Gasteiger partial charge in [-0.15, -0.1) is 0 Å². The van der Waals surface area contributed by atoms with Crippen LogP contribution in [0.1, 0.15) is 32.1 Å². The molecule has 0 aromatic heterocycles. The quantitative estimate of drug-likeness (QED) is 0.433. The number of hydrogen-bond donors (Lipinski definition) is 1. The van der Waals surface area contributed by atoms with Crippen molar-refractivity contribution < 1.29 is 23.7 Å². The van der Waals surface area contributed by atoms with Gasteiger partial charge in [-0.05, 0) is 18.8 Å². The van der Waals surface area contributed by atoms with Crippen molar-refractivity contribution in [3.05, 3.63) is 0 Å². The zero-order chi connectivity index (χ0) is 16.4. The molecular weight excluding hydrogens is 298 g/mol. The minimum atomic E-state index is 0.550. The van der Waals surface area contributed by atoms with Crippen LogP contribution in [0.15, 0.2) is 0 Å². The van der Waals surface area contributed by atoms with Crippen LogP contribution in [0, 0.1) is 5.92 Å². The van der Waals surface area contributed by atoms with Crippen LogP contribution >= 0.6 is 0 Å². The maximum Gasteiger partial charge on any atom is 0.0701 e. The van der Waals surface area contributed by atoms with Crippen LogP contribution in [-0.2, 0) is 23.7 Å². The minimum Gasteiger partial charge on any atom is -0.379 e. The first-order chi connectivity index (χ1) is 11.4. The number of hydrogen-bond acceptors (Lipinski definition) is 6. The third-order valence-electron chi connectivity index (χ3n) is 3.83. The van der Waals surface area contributed by atoms with Gasteiger partial charge in [-0.1, -0.05) is 19.3 Å². The van der Waals surface area contributed by atoms with E-state index < -0.39 is 0 Å². The molecule has 138 valence electrons. The summed E-state index contributed by atoms with van der Waals surface area (Å²) in [7, 11) is 0. The maximum atomic E-state index is 5.67. The van der Waals surface area contributed by atoms with Crippen LogP contribution in [0.25, 0.3) is 0 Å². The van der Waals surface area contributed by atoms with E-state index in [1.165, 1.54) is 32.1 Å². The predicted molar refractivity (Wildman–Crippen MR) is 89.7 cm³/mol. The van der Waals surface area contributed by atoms with Crippen LogP contribution in [-0.4, -0.2) is 72.6 Å². The summed E-state index contributed by atoms with van der Waals surface area (Å²) in [6.45, 7) is 6.88. The molecule has 1 saturated carbocycles. The summed E-state index contributed by atoms with van der Waals surface area (Å²) in [5.41, 5.74) is 5.30. The molecule has 0 heterocycles. The Kier molecular flexibility index (Phi) is 15.0. The smallest absolute Gasteiger partial charge is 0.0701 e. The van der Waals surface area contributed by atoms with Crippen LogP contribution in [0.5, 0.6) is 0 Å². The highest BCUT2D eigenvalue weighted by molar-refractivity contribution is 4.64. The van der Waals surface area contributed by atoms with E-state index in [0.717, 1.165) is 12.5 Å². The largest absolute Gasteiger partial charge is 0.379 e. The van der Waals surface area contributed by atoms with Crippen LogP contribution in [0.3, 0.4) is 0 Å². The molecule has 0 saturated heterocycles. The molecule has 6 nitrogen and oxygen atoms in total. The van der Waals surface area contributed by atoms with Crippen molar-refractivity contribution in [1.82, 2.24) is 0 Å². The van der Waals surface area contributed by atoms with Crippen molar-refractivity contribution in [2.45, 2.75) is 32.1 Å². The Hall–Kier alpha value is -0.240. The predicted octanol–water partition coefficient (Wildman–Crippen LogP) is 1.61. The molecule has 1 rings (SSSR count). The summed E-state index contributed by atoms with van der Waals surface area (Å²) in [6.07, 6.45) is 6.79. The molecule has 1 fully saturated rings. The van der Waals surface area contributed by atoms with Crippen LogP contribution in [0.2, 0.25) is 0 Å². The molecule has 23 heavy (non-hydrogen) atoms. The molecule has 2 N–H and O–H groups in total. The van der Waals surface area contributed by atoms with Crippen molar-refractivity contribution in [1.29, 1.82) is 0 Å². The summed E-state index contributed by atoms with van der Waals surface area (Å²) in [5, 5.41) is 0. The molecule has 0 unspecified atom stereocenters. The lowest BCUT2D eigenvalue weighted by molar-refractivity contribution is -0.0142. The maximum absolute atomic E-state index is 5.67. The zero-order valence-electron chi connectivity index (χ0n) is 14.5. The van der Waals surface area contributed by atoms with E-state index >= 15 is 0 Å². The fourth-order valence-electron chi connectivity index (χ4n) is 2.57. The third-order valence-corrected chi connectivity index (χ3v) is 3.83. The number of nitrogens with two attached hydrogens (primary N) is 1. The molecule has 1 aliphatic carbocycles. The van der Waals surface area contributed by atoms with Gasteiger partial charge in [0.1, 0.15) is 0 Å². The second-order valence-electron chi connectivity index (χ2n) is 5.82. The molecule has 0 aliphatic heterocycles. The average Bonchev–Trinajstić information content (AvgIpc) is 2.59. The van der Waals surface area contributed by atoms with Gasteiger partial charge in [0.05, 0.1) is 59.5 Å². The Labute approximate surface area is 140 Å². The van der Waals surface area contributed by atoms with E-state index in [4.69, 9.17) is 29.4 Å². The van der Waals surface area contributed by atoms with E-state index in [1.54, 1.807) is 0 Å². The van der Waals surface area contributed by atoms with Crippen LogP contribution in [0.4, 0.5) is 0 Å². The molecule has 0 spiro atoms. The molecule has 0 aromatic rings. The molecule has 0 radical (unpaired) electrons. The monoisotopic (exact) mass is 333 g/mol. The van der Waals surface area contributed by atoms with E-state index in [0.29, 0.717) is 66.0 Å². The van der Waals surface area contributed by atoms with Crippen molar-refractivity contribution in [3.8, 4) is 0 Å². The Morgan fingerprint density at radius 1 is 0.565 bits per heavy atom. The third kappa shape index (κ3) is 13.9. The first kappa shape index (κ1) is 20.8. The minimum absolute atomic E-state index is 0.550. The Balaban J connectivity index is 1.67. The molecule has 1 aliphatic rings. The van der Waals surface area contributed by atoms with Gasteiger partial charge in [0, 0.05) is 13.2 Å². The highest BCUT2D eigenvalue weighted by Gasteiger charge is 2.12. The lowest BCUT2D eigenvalue weighted by Gasteiger charge is -2.21. The summed E-state index contributed by atoms with van der Waals surface area (Å²) < 4.78 is 27.1. The van der Waals surface area contributed by atoms with Gasteiger partial charge in [0.15, 0.2) is 0 Å². The summed E-state index contributed by atoms with van der Waals surface area (Å²) in [6, 6.07) is 0. The molecule has 0 bridgehead atoms.